The normalized spacial score (nSPS) is 15.8. The number of fused-ring (bicyclic) bond motifs is 1. The van der Waals surface area contributed by atoms with Crippen molar-refractivity contribution in [3.05, 3.63) is 77.1 Å². The number of aromatic nitrogens is 1. The van der Waals surface area contributed by atoms with Gasteiger partial charge < -0.3 is 14.2 Å². The summed E-state index contributed by atoms with van der Waals surface area (Å²) in [5, 5.41) is 1.96. The molecule has 9 heteroatoms. The second-order valence-corrected chi connectivity index (χ2v) is 9.12. The van der Waals surface area contributed by atoms with E-state index in [2.05, 4.69) is 4.99 Å². The Hall–Kier alpha value is -3.17. The first-order valence-electron chi connectivity index (χ1n) is 10.5. The van der Waals surface area contributed by atoms with E-state index in [0.29, 0.717) is 44.3 Å². The van der Waals surface area contributed by atoms with Crippen LogP contribution in [0.4, 0.5) is 0 Å². The highest BCUT2D eigenvalue weighted by molar-refractivity contribution is 7.11. The molecule has 0 fully saturated rings. The molecule has 1 aromatic carbocycles. The number of benzene rings is 1. The zero-order chi connectivity index (χ0) is 23.5. The van der Waals surface area contributed by atoms with Crippen LogP contribution in [-0.2, 0) is 9.53 Å². The van der Waals surface area contributed by atoms with Gasteiger partial charge in [0.05, 0.1) is 36.1 Å². The van der Waals surface area contributed by atoms with Crippen LogP contribution >= 0.6 is 22.7 Å². The van der Waals surface area contributed by atoms with E-state index < -0.39 is 12.0 Å². The Balaban J connectivity index is 2.03. The predicted molar refractivity (Wildman–Crippen MR) is 129 cm³/mol. The van der Waals surface area contributed by atoms with Gasteiger partial charge in [-0.3, -0.25) is 9.36 Å². The lowest BCUT2D eigenvalue weighted by Gasteiger charge is -2.26. The lowest BCUT2D eigenvalue weighted by atomic mass is 9.94. The molecule has 0 radical (unpaired) electrons. The number of hydrogen-bond acceptors (Lipinski definition) is 8. The Bertz CT molecular complexity index is 1380. The van der Waals surface area contributed by atoms with E-state index in [4.69, 9.17) is 14.2 Å². The summed E-state index contributed by atoms with van der Waals surface area (Å²) in [5.74, 6) is 0.492. The number of hydrogen-bond donors (Lipinski definition) is 0. The van der Waals surface area contributed by atoms with Gasteiger partial charge in [0, 0.05) is 10.4 Å². The maximum Gasteiger partial charge on any atom is 0.338 e. The summed E-state index contributed by atoms with van der Waals surface area (Å²) in [4.78, 5) is 32.8. The van der Waals surface area contributed by atoms with Crippen molar-refractivity contribution < 1.29 is 19.0 Å². The first-order chi connectivity index (χ1) is 16.0. The van der Waals surface area contributed by atoms with Crippen LogP contribution < -0.4 is 24.4 Å². The van der Waals surface area contributed by atoms with Crippen LogP contribution in [0.2, 0.25) is 0 Å². The molecule has 0 saturated heterocycles. The predicted octanol–water partition coefficient (Wildman–Crippen LogP) is 3.27. The lowest BCUT2D eigenvalue weighted by molar-refractivity contribution is -0.139. The molecule has 4 rings (SSSR count). The number of ether oxygens (including phenoxy) is 3. The summed E-state index contributed by atoms with van der Waals surface area (Å²) >= 11 is 2.84. The lowest BCUT2D eigenvalue weighted by Crippen LogP contribution is -2.40. The van der Waals surface area contributed by atoms with Gasteiger partial charge in [0.2, 0.25) is 0 Å². The average molecular weight is 485 g/mol. The molecule has 0 aliphatic carbocycles. The van der Waals surface area contributed by atoms with E-state index in [9.17, 15) is 9.59 Å². The van der Waals surface area contributed by atoms with E-state index >= 15 is 0 Å². The molecule has 0 spiro atoms. The Labute approximate surface area is 198 Å². The minimum absolute atomic E-state index is 0.210. The third kappa shape index (κ3) is 4.26. The molecule has 0 amide bonds. The quantitative estimate of drug-likeness (QED) is 0.481. The molecule has 3 heterocycles. The highest BCUT2D eigenvalue weighted by atomic mass is 32.1. The first kappa shape index (κ1) is 23.0. The molecular weight excluding hydrogens is 460 g/mol. The Kier molecular flexibility index (Phi) is 6.80. The molecule has 172 valence electrons. The third-order valence-electron chi connectivity index (χ3n) is 5.15. The molecule has 1 aliphatic heterocycles. The number of carbonyl (C=O) groups is 1. The van der Waals surface area contributed by atoms with Gasteiger partial charge in [-0.15, -0.1) is 11.3 Å². The van der Waals surface area contributed by atoms with Gasteiger partial charge in [0.15, 0.2) is 16.3 Å². The van der Waals surface area contributed by atoms with Gasteiger partial charge in [-0.1, -0.05) is 29.5 Å². The summed E-state index contributed by atoms with van der Waals surface area (Å²) in [7, 11) is 1.56. The number of allylic oxidation sites excluding steroid dienone is 1. The number of thiophene rings is 1. The first-order valence-corrected chi connectivity index (χ1v) is 12.2. The number of para-hydroxylation sites is 1. The number of nitrogens with zero attached hydrogens (tertiary/aromatic N) is 2. The van der Waals surface area contributed by atoms with Crippen LogP contribution in [0.25, 0.3) is 6.08 Å². The molecule has 33 heavy (non-hydrogen) atoms. The van der Waals surface area contributed by atoms with Crippen molar-refractivity contribution in [3.8, 4) is 11.5 Å². The fourth-order valence-electron chi connectivity index (χ4n) is 3.80. The van der Waals surface area contributed by atoms with Gasteiger partial charge in [0.25, 0.3) is 5.56 Å². The van der Waals surface area contributed by atoms with Gasteiger partial charge in [-0.05, 0) is 44.4 Å². The molecule has 1 aliphatic rings. The molecule has 0 unspecified atom stereocenters. The summed E-state index contributed by atoms with van der Waals surface area (Å²) in [6.45, 7) is 5.98. The fourth-order valence-corrected chi connectivity index (χ4v) is 5.57. The monoisotopic (exact) mass is 484 g/mol. The summed E-state index contributed by atoms with van der Waals surface area (Å²) < 4.78 is 18.9. The van der Waals surface area contributed by atoms with Crippen LogP contribution in [0.3, 0.4) is 0 Å². The van der Waals surface area contributed by atoms with E-state index in [0.717, 1.165) is 4.88 Å². The Morgan fingerprint density at radius 3 is 2.70 bits per heavy atom. The van der Waals surface area contributed by atoms with Crippen LogP contribution in [0.5, 0.6) is 11.5 Å². The van der Waals surface area contributed by atoms with Gasteiger partial charge in [-0.2, -0.15) is 0 Å². The highest BCUT2D eigenvalue weighted by Gasteiger charge is 2.35. The minimum Gasteiger partial charge on any atom is -0.493 e. The fraction of sp³-hybridized carbons (Fsp3) is 0.292. The van der Waals surface area contributed by atoms with Crippen LogP contribution in [0, 0.1) is 0 Å². The number of methoxy groups -OCH3 is 1. The molecule has 2 aromatic heterocycles. The Morgan fingerprint density at radius 1 is 1.21 bits per heavy atom. The molecule has 1 atom stereocenters. The largest absolute Gasteiger partial charge is 0.493 e. The smallest absolute Gasteiger partial charge is 0.338 e. The van der Waals surface area contributed by atoms with Crippen molar-refractivity contribution in [2.45, 2.75) is 26.8 Å². The topological polar surface area (TPSA) is 79.1 Å². The van der Waals surface area contributed by atoms with Crippen LogP contribution in [0.15, 0.2) is 56.8 Å². The van der Waals surface area contributed by atoms with E-state index in [1.807, 2.05) is 42.6 Å². The van der Waals surface area contributed by atoms with Gasteiger partial charge in [-0.25, -0.2) is 9.79 Å². The van der Waals surface area contributed by atoms with E-state index in [-0.39, 0.29) is 12.2 Å². The van der Waals surface area contributed by atoms with Crippen LogP contribution in [0.1, 0.15) is 37.3 Å². The molecule has 0 bridgehead atoms. The highest BCUT2D eigenvalue weighted by Crippen LogP contribution is 2.40. The van der Waals surface area contributed by atoms with Gasteiger partial charge >= 0.3 is 5.97 Å². The molecule has 3 aromatic rings. The zero-order valence-corrected chi connectivity index (χ0v) is 20.4. The molecule has 0 N–H and O–H groups in total. The Morgan fingerprint density at radius 2 is 2.03 bits per heavy atom. The molecular formula is C24H24N2O5S2. The standard InChI is InChI=1S/C24H24N2O5S2/c1-5-30-21-16(10-7-11-17(21)29-4)20-19(23(28)31-6-2)14(3)25-24-26(20)22(27)18(33-24)13-15-9-8-12-32-15/h7-13,20H,5-6H2,1-4H3/b18-13-/t20-/m1/s1. The second kappa shape index (κ2) is 9.76. The number of esters is 1. The molecule has 7 nitrogen and oxygen atoms in total. The number of thiazole rings is 1. The van der Waals surface area contributed by atoms with Crippen molar-refractivity contribution in [2.24, 2.45) is 4.99 Å². The van der Waals surface area contributed by atoms with Gasteiger partial charge in [0.1, 0.15) is 6.04 Å². The minimum atomic E-state index is -0.762. The van der Waals surface area contributed by atoms with Crippen molar-refractivity contribution >= 4 is 34.7 Å². The zero-order valence-electron chi connectivity index (χ0n) is 18.8. The maximum atomic E-state index is 13.6. The second-order valence-electron chi connectivity index (χ2n) is 7.13. The maximum absolute atomic E-state index is 13.6. The summed E-state index contributed by atoms with van der Waals surface area (Å²) in [5.41, 5.74) is 1.22. The van der Waals surface area contributed by atoms with Crippen molar-refractivity contribution in [3.63, 3.8) is 0 Å². The summed E-state index contributed by atoms with van der Waals surface area (Å²) in [6.07, 6.45) is 1.85. The average Bonchev–Trinajstić information content (AvgIpc) is 3.41. The summed E-state index contributed by atoms with van der Waals surface area (Å²) in [6, 6.07) is 8.57. The third-order valence-corrected chi connectivity index (χ3v) is 6.95. The van der Waals surface area contributed by atoms with E-state index in [1.165, 1.54) is 11.3 Å². The van der Waals surface area contributed by atoms with Crippen molar-refractivity contribution in [1.29, 1.82) is 0 Å². The van der Waals surface area contributed by atoms with E-state index in [1.54, 1.807) is 42.9 Å². The van der Waals surface area contributed by atoms with Crippen molar-refractivity contribution in [2.75, 3.05) is 20.3 Å². The SMILES string of the molecule is CCOC(=O)C1=C(C)N=c2s/c(=C\c3cccs3)c(=O)n2[C@@H]1c1cccc(OC)c1OCC. The molecule has 0 saturated carbocycles. The number of carbonyl (C=O) groups excluding carboxylic acids is 1. The van der Waals surface area contributed by atoms with Crippen LogP contribution in [-0.4, -0.2) is 30.9 Å². The van der Waals surface area contributed by atoms with Crippen molar-refractivity contribution in [1.82, 2.24) is 4.57 Å². The number of rotatable bonds is 7.